The Morgan fingerprint density at radius 2 is 2.35 bits per heavy atom. The maximum absolute atomic E-state index is 11.9. The largest absolute Gasteiger partial charge is 0.465 e. The highest BCUT2D eigenvalue weighted by molar-refractivity contribution is 5.99. The highest BCUT2D eigenvalue weighted by Crippen LogP contribution is 2.32. The molecule has 0 aromatic heterocycles. The molecule has 0 bridgehead atoms. The number of nitrogens with zero attached hydrogens (tertiary/aromatic N) is 1. The van der Waals surface area contributed by atoms with Gasteiger partial charge in [-0.3, -0.25) is 0 Å². The van der Waals surface area contributed by atoms with E-state index in [1.54, 1.807) is 18.2 Å². The SMILES string of the molecule is COC(=O)c1cccc(N)c1N1CC(CO)OCC1C. The van der Waals surface area contributed by atoms with Crippen LogP contribution in [0.5, 0.6) is 0 Å². The van der Waals surface area contributed by atoms with Crippen molar-refractivity contribution in [2.75, 3.05) is 37.5 Å². The summed E-state index contributed by atoms with van der Waals surface area (Å²) in [6.45, 7) is 2.88. The van der Waals surface area contributed by atoms with Gasteiger partial charge < -0.3 is 25.2 Å². The van der Waals surface area contributed by atoms with Crippen molar-refractivity contribution in [2.45, 2.75) is 19.1 Å². The van der Waals surface area contributed by atoms with E-state index in [0.29, 0.717) is 30.1 Å². The Balaban J connectivity index is 2.42. The quantitative estimate of drug-likeness (QED) is 0.624. The van der Waals surface area contributed by atoms with Gasteiger partial charge in [-0.2, -0.15) is 0 Å². The molecule has 0 spiro atoms. The van der Waals surface area contributed by atoms with Crippen LogP contribution in [-0.2, 0) is 9.47 Å². The van der Waals surface area contributed by atoms with Crippen LogP contribution in [0.2, 0.25) is 0 Å². The standard InChI is InChI=1S/C14H20N2O4/c1-9-8-20-10(7-17)6-16(9)13-11(14(18)19-2)4-3-5-12(13)15/h3-5,9-10,17H,6-8,15H2,1-2H3. The Labute approximate surface area is 118 Å². The van der Waals surface area contributed by atoms with Crippen molar-refractivity contribution < 1.29 is 19.4 Å². The molecule has 110 valence electrons. The first kappa shape index (κ1) is 14.6. The predicted molar refractivity (Wildman–Crippen MR) is 75.8 cm³/mol. The van der Waals surface area contributed by atoms with Crippen LogP contribution < -0.4 is 10.6 Å². The lowest BCUT2D eigenvalue weighted by atomic mass is 10.1. The third kappa shape index (κ3) is 2.71. The van der Waals surface area contributed by atoms with Crippen LogP contribution in [0.4, 0.5) is 11.4 Å². The molecule has 1 aromatic carbocycles. The lowest BCUT2D eigenvalue weighted by Crippen LogP contribution is -2.50. The molecule has 1 saturated heterocycles. The number of hydrogen-bond acceptors (Lipinski definition) is 6. The van der Waals surface area contributed by atoms with Crippen molar-refractivity contribution in [3.8, 4) is 0 Å². The summed E-state index contributed by atoms with van der Waals surface area (Å²) < 4.78 is 10.3. The summed E-state index contributed by atoms with van der Waals surface area (Å²) in [6, 6.07) is 5.22. The van der Waals surface area contributed by atoms with Crippen LogP contribution in [0.25, 0.3) is 0 Å². The highest BCUT2D eigenvalue weighted by atomic mass is 16.5. The zero-order valence-electron chi connectivity index (χ0n) is 11.7. The van der Waals surface area contributed by atoms with Gasteiger partial charge in [-0.15, -0.1) is 0 Å². The smallest absolute Gasteiger partial charge is 0.340 e. The van der Waals surface area contributed by atoms with Crippen LogP contribution >= 0.6 is 0 Å². The van der Waals surface area contributed by atoms with Gasteiger partial charge in [0, 0.05) is 12.6 Å². The zero-order valence-corrected chi connectivity index (χ0v) is 11.7. The first-order valence-corrected chi connectivity index (χ1v) is 6.54. The molecule has 20 heavy (non-hydrogen) atoms. The van der Waals surface area contributed by atoms with Crippen molar-refractivity contribution in [2.24, 2.45) is 0 Å². The summed E-state index contributed by atoms with van der Waals surface area (Å²) >= 11 is 0. The molecule has 0 aliphatic carbocycles. The Kier molecular flexibility index (Phi) is 4.46. The van der Waals surface area contributed by atoms with E-state index in [9.17, 15) is 9.90 Å². The minimum absolute atomic E-state index is 0.0610. The van der Waals surface area contributed by atoms with E-state index < -0.39 is 5.97 Å². The molecule has 0 saturated carbocycles. The molecule has 2 unspecified atom stereocenters. The molecule has 0 amide bonds. The third-order valence-corrected chi connectivity index (χ3v) is 3.47. The first-order valence-electron chi connectivity index (χ1n) is 6.54. The number of ether oxygens (including phenoxy) is 2. The molecule has 0 radical (unpaired) electrons. The van der Waals surface area contributed by atoms with Crippen molar-refractivity contribution in [3.63, 3.8) is 0 Å². The monoisotopic (exact) mass is 280 g/mol. The third-order valence-electron chi connectivity index (χ3n) is 3.47. The van der Waals surface area contributed by atoms with Crippen LogP contribution in [0, 0.1) is 0 Å². The number of hydrogen-bond donors (Lipinski definition) is 2. The number of aliphatic hydroxyl groups is 1. The summed E-state index contributed by atoms with van der Waals surface area (Å²) in [5, 5.41) is 9.26. The van der Waals surface area contributed by atoms with Gasteiger partial charge in [0.05, 0.1) is 43.4 Å². The van der Waals surface area contributed by atoms with E-state index in [1.807, 2.05) is 11.8 Å². The summed E-state index contributed by atoms with van der Waals surface area (Å²) in [6.07, 6.45) is -0.281. The van der Waals surface area contributed by atoms with Crippen LogP contribution in [0.1, 0.15) is 17.3 Å². The number of carbonyl (C=O) groups is 1. The van der Waals surface area contributed by atoms with E-state index in [4.69, 9.17) is 15.2 Å². The second-order valence-electron chi connectivity index (χ2n) is 4.87. The van der Waals surface area contributed by atoms with E-state index >= 15 is 0 Å². The minimum Gasteiger partial charge on any atom is -0.465 e. The number of benzene rings is 1. The maximum Gasteiger partial charge on any atom is 0.340 e. The predicted octanol–water partition coefficient (Wildman–Crippen LogP) is 0.641. The van der Waals surface area contributed by atoms with Gasteiger partial charge >= 0.3 is 5.97 Å². The van der Waals surface area contributed by atoms with E-state index in [2.05, 4.69) is 0 Å². The Hall–Kier alpha value is -1.79. The fourth-order valence-corrected chi connectivity index (χ4v) is 2.40. The molecular formula is C14H20N2O4. The second kappa shape index (κ2) is 6.11. The molecule has 1 fully saturated rings. The number of nitrogens with two attached hydrogens (primary N) is 1. The number of aliphatic hydroxyl groups excluding tert-OH is 1. The Morgan fingerprint density at radius 3 is 3.00 bits per heavy atom. The number of para-hydroxylation sites is 1. The minimum atomic E-state index is -0.424. The molecule has 1 aliphatic rings. The van der Waals surface area contributed by atoms with E-state index in [-0.39, 0.29) is 18.8 Å². The highest BCUT2D eigenvalue weighted by Gasteiger charge is 2.30. The molecular weight excluding hydrogens is 260 g/mol. The summed E-state index contributed by atoms with van der Waals surface area (Å²) in [7, 11) is 1.34. The van der Waals surface area contributed by atoms with Gasteiger partial charge in [-0.25, -0.2) is 4.79 Å². The topological polar surface area (TPSA) is 85.0 Å². The van der Waals surface area contributed by atoms with Gasteiger partial charge in [0.15, 0.2) is 0 Å². The average Bonchev–Trinajstić information content (AvgIpc) is 2.47. The number of carbonyl (C=O) groups excluding carboxylic acids is 1. The molecule has 1 heterocycles. The maximum atomic E-state index is 11.9. The Morgan fingerprint density at radius 1 is 1.60 bits per heavy atom. The second-order valence-corrected chi connectivity index (χ2v) is 4.87. The van der Waals surface area contributed by atoms with Crippen LogP contribution in [0.3, 0.4) is 0 Å². The van der Waals surface area contributed by atoms with Gasteiger partial charge in [0.25, 0.3) is 0 Å². The van der Waals surface area contributed by atoms with E-state index in [1.165, 1.54) is 7.11 Å². The number of morpholine rings is 1. The average molecular weight is 280 g/mol. The Bertz CT molecular complexity index is 492. The van der Waals surface area contributed by atoms with Gasteiger partial charge in [-0.05, 0) is 19.1 Å². The van der Waals surface area contributed by atoms with Gasteiger partial charge in [0.1, 0.15) is 0 Å². The molecule has 3 N–H and O–H groups in total. The number of methoxy groups -OCH3 is 1. The molecule has 2 rings (SSSR count). The van der Waals surface area contributed by atoms with Gasteiger partial charge in [-0.1, -0.05) is 6.07 Å². The molecule has 1 aromatic rings. The number of anilines is 2. The summed E-state index contributed by atoms with van der Waals surface area (Å²) in [4.78, 5) is 13.9. The molecule has 2 atom stereocenters. The number of rotatable bonds is 3. The molecule has 6 nitrogen and oxygen atoms in total. The fraction of sp³-hybridized carbons (Fsp3) is 0.500. The number of nitrogen functional groups attached to an aromatic ring is 1. The van der Waals surface area contributed by atoms with Gasteiger partial charge in [0.2, 0.25) is 0 Å². The van der Waals surface area contributed by atoms with Crippen molar-refractivity contribution in [3.05, 3.63) is 23.8 Å². The normalized spacial score (nSPS) is 22.6. The molecule has 1 aliphatic heterocycles. The van der Waals surface area contributed by atoms with Crippen molar-refractivity contribution in [1.82, 2.24) is 0 Å². The number of esters is 1. The van der Waals surface area contributed by atoms with Crippen molar-refractivity contribution >= 4 is 17.3 Å². The lowest BCUT2D eigenvalue weighted by molar-refractivity contribution is -0.0103. The zero-order chi connectivity index (χ0) is 14.7. The summed E-state index contributed by atoms with van der Waals surface area (Å²) in [5.74, 6) is -0.424. The van der Waals surface area contributed by atoms with Crippen LogP contribution in [0.15, 0.2) is 18.2 Å². The first-order chi connectivity index (χ1) is 9.58. The molecule has 6 heteroatoms. The lowest BCUT2D eigenvalue weighted by Gasteiger charge is -2.40. The summed E-state index contributed by atoms with van der Waals surface area (Å²) in [5.41, 5.74) is 7.63. The van der Waals surface area contributed by atoms with E-state index in [0.717, 1.165) is 0 Å². The van der Waals surface area contributed by atoms with Crippen molar-refractivity contribution in [1.29, 1.82) is 0 Å². The van der Waals surface area contributed by atoms with Crippen LogP contribution in [-0.4, -0.2) is 50.1 Å². The fourth-order valence-electron chi connectivity index (χ4n) is 2.40.